The molecule has 1 aliphatic heterocycles. The van der Waals surface area contributed by atoms with Crippen LogP contribution >= 0.6 is 0 Å². The van der Waals surface area contributed by atoms with Crippen LogP contribution in [0.3, 0.4) is 0 Å². The van der Waals surface area contributed by atoms with E-state index in [-0.39, 0.29) is 25.0 Å². The Bertz CT molecular complexity index is 493. The Labute approximate surface area is 119 Å². The molecular formula is C12H17F3N4O2. The van der Waals surface area contributed by atoms with Gasteiger partial charge in [-0.2, -0.15) is 0 Å². The summed E-state index contributed by atoms with van der Waals surface area (Å²) in [6.45, 7) is 0.418. The fourth-order valence-corrected chi connectivity index (χ4v) is 2.70. The lowest BCUT2D eigenvalue weighted by Gasteiger charge is -2.41. The van der Waals surface area contributed by atoms with E-state index < -0.39 is 12.1 Å². The Kier molecular flexibility index (Phi) is 3.66. The van der Waals surface area contributed by atoms with Gasteiger partial charge in [0.25, 0.3) is 0 Å². The molecule has 0 aromatic carbocycles. The lowest BCUT2D eigenvalue weighted by atomic mass is 9.88. The molecule has 118 valence electrons. The molecule has 2 unspecified atom stereocenters. The predicted octanol–water partition coefficient (Wildman–Crippen LogP) is 1.83. The Morgan fingerprint density at radius 3 is 2.67 bits per heavy atom. The SMILES string of the molecule is NC1CCC(c2cn(C3(OC(F)(F)F)CCC3)nn2)OC1. The summed E-state index contributed by atoms with van der Waals surface area (Å²) < 4.78 is 48.6. The van der Waals surface area contributed by atoms with Crippen molar-refractivity contribution in [2.24, 2.45) is 5.73 Å². The molecule has 0 spiro atoms. The molecule has 2 fully saturated rings. The number of hydrogen-bond acceptors (Lipinski definition) is 5. The first-order valence-electron chi connectivity index (χ1n) is 6.95. The number of nitrogens with zero attached hydrogens (tertiary/aromatic N) is 3. The summed E-state index contributed by atoms with van der Waals surface area (Å²) in [4.78, 5) is 0. The summed E-state index contributed by atoms with van der Waals surface area (Å²) >= 11 is 0. The highest BCUT2D eigenvalue weighted by Crippen LogP contribution is 2.44. The monoisotopic (exact) mass is 306 g/mol. The molecule has 2 N–H and O–H groups in total. The summed E-state index contributed by atoms with van der Waals surface area (Å²) in [5.41, 5.74) is 4.82. The highest BCUT2D eigenvalue weighted by Gasteiger charge is 2.50. The number of halogens is 3. The molecule has 1 aliphatic carbocycles. The summed E-state index contributed by atoms with van der Waals surface area (Å²) in [7, 11) is 0. The summed E-state index contributed by atoms with van der Waals surface area (Å²) in [5, 5.41) is 7.76. The van der Waals surface area contributed by atoms with Gasteiger partial charge in [0.05, 0.1) is 12.8 Å². The van der Waals surface area contributed by atoms with Crippen molar-refractivity contribution < 1.29 is 22.6 Å². The van der Waals surface area contributed by atoms with Crippen LogP contribution < -0.4 is 5.73 Å². The van der Waals surface area contributed by atoms with Crippen molar-refractivity contribution in [3.05, 3.63) is 11.9 Å². The zero-order valence-corrected chi connectivity index (χ0v) is 11.3. The van der Waals surface area contributed by atoms with Crippen molar-refractivity contribution in [3.8, 4) is 0 Å². The predicted molar refractivity (Wildman–Crippen MR) is 64.9 cm³/mol. The highest BCUT2D eigenvalue weighted by atomic mass is 19.4. The molecule has 0 bridgehead atoms. The van der Waals surface area contributed by atoms with Crippen LogP contribution in [0.1, 0.15) is 43.9 Å². The van der Waals surface area contributed by atoms with E-state index in [1.807, 2.05) is 0 Å². The summed E-state index contributed by atoms with van der Waals surface area (Å²) in [5.74, 6) is 0. The van der Waals surface area contributed by atoms with Gasteiger partial charge >= 0.3 is 6.36 Å². The second-order valence-electron chi connectivity index (χ2n) is 5.59. The van der Waals surface area contributed by atoms with E-state index in [1.54, 1.807) is 0 Å². The van der Waals surface area contributed by atoms with Crippen LogP contribution in [0.4, 0.5) is 13.2 Å². The fraction of sp³-hybridized carbons (Fsp3) is 0.833. The molecule has 1 aromatic rings. The van der Waals surface area contributed by atoms with E-state index in [9.17, 15) is 13.2 Å². The standard InChI is InChI=1S/C12H17F3N4O2/c13-12(14,15)21-11(4-1-5-11)19-6-9(17-18-19)10-3-2-8(16)7-20-10/h6,8,10H,1-5,7,16H2. The number of ether oxygens (including phenoxy) is 2. The van der Waals surface area contributed by atoms with E-state index in [2.05, 4.69) is 15.0 Å². The van der Waals surface area contributed by atoms with Gasteiger partial charge in [0.2, 0.25) is 0 Å². The molecule has 3 rings (SSSR count). The quantitative estimate of drug-likeness (QED) is 0.922. The first-order valence-corrected chi connectivity index (χ1v) is 6.95. The molecule has 21 heavy (non-hydrogen) atoms. The normalized spacial score (nSPS) is 29.1. The van der Waals surface area contributed by atoms with Crippen molar-refractivity contribution in [3.63, 3.8) is 0 Å². The number of nitrogens with two attached hydrogens (primary N) is 1. The highest BCUT2D eigenvalue weighted by molar-refractivity contribution is 5.02. The fourth-order valence-electron chi connectivity index (χ4n) is 2.70. The Balaban J connectivity index is 1.74. The van der Waals surface area contributed by atoms with Gasteiger partial charge in [-0.05, 0) is 32.1 Å². The van der Waals surface area contributed by atoms with Gasteiger partial charge in [0.1, 0.15) is 11.8 Å². The average Bonchev–Trinajstić information content (AvgIpc) is 2.83. The van der Waals surface area contributed by atoms with Gasteiger partial charge in [-0.3, -0.25) is 4.74 Å². The maximum absolute atomic E-state index is 12.5. The molecule has 0 amide bonds. The van der Waals surface area contributed by atoms with Crippen molar-refractivity contribution in [2.75, 3.05) is 6.61 Å². The zero-order chi connectivity index (χ0) is 15.1. The lowest BCUT2D eigenvalue weighted by molar-refractivity contribution is -0.402. The van der Waals surface area contributed by atoms with Crippen LogP contribution in [-0.4, -0.2) is 34.0 Å². The van der Waals surface area contributed by atoms with Gasteiger partial charge < -0.3 is 10.5 Å². The molecule has 1 saturated heterocycles. The van der Waals surface area contributed by atoms with E-state index in [0.29, 0.717) is 25.1 Å². The number of hydrogen-bond donors (Lipinski definition) is 1. The van der Waals surface area contributed by atoms with Crippen molar-refractivity contribution in [1.82, 2.24) is 15.0 Å². The zero-order valence-electron chi connectivity index (χ0n) is 11.3. The van der Waals surface area contributed by atoms with Crippen LogP contribution in [0.5, 0.6) is 0 Å². The van der Waals surface area contributed by atoms with Gasteiger partial charge in [-0.15, -0.1) is 18.3 Å². The first-order chi connectivity index (χ1) is 9.88. The first kappa shape index (κ1) is 14.7. The molecule has 1 saturated carbocycles. The van der Waals surface area contributed by atoms with Crippen LogP contribution in [0.25, 0.3) is 0 Å². The van der Waals surface area contributed by atoms with Crippen LogP contribution in [0.15, 0.2) is 6.20 Å². The minimum atomic E-state index is -4.69. The van der Waals surface area contributed by atoms with Gasteiger partial charge in [-0.1, -0.05) is 5.21 Å². The van der Waals surface area contributed by atoms with Crippen molar-refractivity contribution >= 4 is 0 Å². The minimum Gasteiger partial charge on any atom is -0.370 e. The van der Waals surface area contributed by atoms with Crippen LogP contribution in [0.2, 0.25) is 0 Å². The van der Waals surface area contributed by atoms with Crippen LogP contribution in [-0.2, 0) is 15.2 Å². The second kappa shape index (κ2) is 5.22. The minimum absolute atomic E-state index is 0.00262. The molecular weight excluding hydrogens is 289 g/mol. The van der Waals surface area contributed by atoms with Crippen molar-refractivity contribution in [2.45, 2.75) is 56.3 Å². The number of alkyl halides is 3. The van der Waals surface area contributed by atoms with E-state index >= 15 is 0 Å². The Morgan fingerprint density at radius 1 is 1.38 bits per heavy atom. The molecule has 2 atom stereocenters. The summed E-state index contributed by atoms with van der Waals surface area (Å²) in [6, 6.07) is 0.00262. The average molecular weight is 306 g/mol. The molecule has 2 aliphatic rings. The third kappa shape index (κ3) is 3.04. The van der Waals surface area contributed by atoms with Crippen molar-refractivity contribution in [1.29, 1.82) is 0 Å². The third-order valence-corrected chi connectivity index (χ3v) is 4.01. The third-order valence-electron chi connectivity index (χ3n) is 4.01. The Hall–Kier alpha value is -1.19. The van der Waals surface area contributed by atoms with Crippen LogP contribution in [0, 0.1) is 0 Å². The molecule has 1 aromatic heterocycles. The summed E-state index contributed by atoms with van der Waals surface area (Å²) in [6.07, 6.45) is -0.777. The van der Waals surface area contributed by atoms with E-state index in [1.165, 1.54) is 10.9 Å². The van der Waals surface area contributed by atoms with Gasteiger partial charge in [0, 0.05) is 6.04 Å². The second-order valence-corrected chi connectivity index (χ2v) is 5.59. The number of rotatable bonds is 3. The maximum atomic E-state index is 12.5. The number of aromatic nitrogens is 3. The van der Waals surface area contributed by atoms with E-state index in [4.69, 9.17) is 10.5 Å². The topological polar surface area (TPSA) is 75.2 Å². The lowest BCUT2D eigenvalue weighted by Crippen LogP contribution is -2.47. The maximum Gasteiger partial charge on any atom is 0.524 e. The largest absolute Gasteiger partial charge is 0.524 e. The Morgan fingerprint density at radius 2 is 2.14 bits per heavy atom. The smallest absolute Gasteiger partial charge is 0.370 e. The molecule has 0 radical (unpaired) electrons. The van der Waals surface area contributed by atoms with E-state index in [0.717, 1.165) is 6.42 Å². The molecule has 9 heteroatoms. The van der Waals surface area contributed by atoms with Gasteiger partial charge in [-0.25, -0.2) is 4.68 Å². The molecule has 2 heterocycles. The molecule has 6 nitrogen and oxygen atoms in total. The van der Waals surface area contributed by atoms with Gasteiger partial charge in [0.15, 0.2) is 5.72 Å².